The zero-order valence-electron chi connectivity index (χ0n) is 10.3. The summed E-state index contributed by atoms with van der Waals surface area (Å²) in [6.07, 6.45) is 3.09. The Kier molecular flexibility index (Phi) is 5.10. The van der Waals surface area contributed by atoms with E-state index in [1.807, 2.05) is 13.0 Å². The summed E-state index contributed by atoms with van der Waals surface area (Å²) in [7, 11) is 1.70. The van der Waals surface area contributed by atoms with Crippen molar-refractivity contribution in [2.24, 2.45) is 5.73 Å². The Bertz CT molecular complexity index is 363. The molecule has 0 aromatic heterocycles. The van der Waals surface area contributed by atoms with E-state index in [1.54, 1.807) is 7.11 Å². The maximum Gasteiger partial charge on any atom is 0.122 e. The van der Waals surface area contributed by atoms with Gasteiger partial charge in [-0.25, -0.2) is 0 Å². The molecule has 0 aliphatic heterocycles. The molecule has 1 aromatic rings. The zero-order valence-corrected chi connectivity index (χ0v) is 11.0. The minimum Gasteiger partial charge on any atom is -0.496 e. The SMILES string of the molecule is COc1cc(C)c(Cl)c(C)c1CCCCN. The van der Waals surface area contributed by atoms with Gasteiger partial charge in [0.05, 0.1) is 7.11 Å². The summed E-state index contributed by atoms with van der Waals surface area (Å²) in [6.45, 7) is 4.79. The maximum absolute atomic E-state index is 6.24. The van der Waals surface area contributed by atoms with Gasteiger partial charge in [0.2, 0.25) is 0 Å². The number of unbranched alkanes of at least 4 members (excludes halogenated alkanes) is 1. The molecule has 90 valence electrons. The lowest BCUT2D eigenvalue weighted by molar-refractivity contribution is 0.408. The van der Waals surface area contributed by atoms with Crippen LogP contribution in [0.1, 0.15) is 29.5 Å². The quantitative estimate of drug-likeness (QED) is 0.804. The van der Waals surface area contributed by atoms with Gasteiger partial charge in [-0.05, 0) is 62.4 Å². The van der Waals surface area contributed by atoms with Crippen molar-refractivity contribution in [3.63, 3.8) is 0 Å². The fraction of sp³-hybridized carbons (Fsp3) is 0.538. The molecule has 0 saturated heterocycles. The number of nitrogens with two attached hydrogens (primary N) is 1. The summed E-state index contributed by atoms with van der Waals surface area (Å²) in [5.74, 6) is 0.941. The Balaban J connectivity index is 3.00. The molecule has 0 amide bonds. The summed E-state index contributed by atoms with van der Waals surface area (Å²) < 4.78 is 5.40. The first-order valence-corrected chi connectivity index (χ1v) is 6.02. The van der Waals surface area contributed by atoms with Gasteiger partial charge in [-0.2, -0.15) is 0 Å². The van der Waals surface area contributed by atoms with E-state index in [1.165, 1.54) is 5.56 Å². The van der Waals surface area contributed by atoms with E-state index in [0.29, 0.717) is 0 Å². The van der Waals surface area contributed by atoms with E-state index in [4.69, 9.17) is 22.1 Å². The Morgan fingerprint density at radius 3 is 2.56 bits per heavy atom. The molecule has 0 bridgehead atoms. The van der Waals surface area contributed by atoms with Crippen LogP contribution < -0.4 is 10.5 Å². The van der Waals surface area contributed by atoms with Crippen molar-refractivity contribution in [2.75, 3.05) is 13.7 Å². The summed E-state index contributed by atoms with van der Waals surface area (Å²) in [4.78, 5) is 0. The largest absolute Gasteiger partial charge is 0.496 e. The van der Waals surface area contributed by atoms with E-state index in [0.717, 1.165) is 47.7 Å². The lowest BCUT2D eigenvalue weighted by Gasteiger charge is -2.15. The van der Waals surface area contributed by atoms with Crippen LogP contribution in [0.3, 0.4) is 0 Å². The van der Waals surface area contributed by atoms with Gasteiger partial charge in [0.1, 0.15) is 5.75 Å². The monoisotopic (exact) mass is 241 g/mol. The highest BCUT2D eigenvalue weighted by Gasteiger charge is 2.11. The highest BCUT2D eigenvalue weighted by atomic mass is 35.5. The van der Waals surface area contributed by atoms with Gasteiger partial charge < -0.3 is 10.5 Å². The molecule has 1 rings (SSSR count). The zero-order chi connectivity index (χ0) is 12.1. The third kappa shape index (κ3) is 2.89. The number of hydrogen-bond donors (Lipinski definition) is 1. The molecule has 2 nitrogen and oxygen atoms in total. The lowest BCUT2D eigenvalue weighted by atomic mass is 9.99. The predicted octanol–water partition coefficient (Wildman–Crippen LogP) is 3.25. The van der Waals surface area contributed by atoms with Crippen molar-refractivity contribution in [3.8, 4) is 5.75 Å². The maximum atomic E-state index is 6.24. The van der Waals surface area contributed by atoms with Gasteiger partial charge in [-0.15, -0.1) is 0 Å². The van der Waals surface area contributed by atoms with Crippen molar-refractivity contribution < 1.29 is 4.74 Å². The van der Waals surface area contributed by atoms with Crippen LogP contribution in [0.5, 0.6) is 5.75 Å². The average molecular weight is 242 g/mol. The van der Waals surface area contributed by atoms with Crippen LogP contribution >= 0.6 is 11.6 Å². The number of hydrogen-bond acceptors (Lipinski definition) is 2. The molecule has 0 fully saturated rings. The second kappa shape index (κ2) is 6.12. The van der Waals surface area contributed by atoms with Crippen LogP contribution in [0.15, 0.2) is 6.07 Å². The number of rotatable bonds is 5. The van der Waals surface area contributed by atoms with Crippen molar-refractivity contribution in [1.29, 1.82) is 0 Å². The molecule has 16 heavy (non-hydrogen) atoms. The number of aryl methyl sites for hydroxylation is 1. The third-order valence-electron chi connectivity index (χ3n) is 2.87. The van der Waals surface area contributed by atoms with E-state index >= 15 is 0 Å². The van der Waals surface area contributed by atoms with Crippen LogP contribution in [0, 0.1) is 13.8 Å². The molecular formula is C13H20ClNO. The van der Waals surface area contributed by atoms with Crippen LogP contribution in [0.4, 0.5) is 0 Å². The lowest BCUT2D eigenvalue weighted by Crippen LogP contribution is -2.02. The second-order valence-corrected chi connectivity index (χ2v) is 4.44. The van der Waals surface area contributed by atoms with Crippen molar-refractivity contribution in [1.82, 2.24) is 0 Å². The smallest absolute Gasteiger partial charge is 0.122 e. The molecule has 0 heterocycles. The Labute approximate surface area is 103 Å². The number of methoxy groups -OCH3 is 1. The molecule has 2 N–H and O–H groups in total. The topological polar surface area (TPSA) is 35.2 Å². The fourth-order valence-corrected chi connectivity index (χ4v) is 2.07. The molecule has 0 atom stereocenters. The fourth-order valence-electron chi connectivity index (χ4n) is 1.90. The normalized spacial score (nSPS) is 10.6. The first kappa shape index (κ1) is 13.3. The molecule has 0 aliphatic rings. The summed E-state index contributed by atoms with van der Waals surface area (Å²) >= 11 is 6.24. The van der Waals surface area contributed by atoms with Crippen molar-refractivity contribution in [2.45, 2.75) is 33.1 Å². The minimum absolute atomic E-state index is 0.737. The third-order valence-corrected chi connectivity index (χ3v) is 3.46. The van der Waals surface area contributed by atoms with Gasteiger partial charge in [-0.3, -0.25) is 0 Å². The summed E-state index contributed by atoms with van der Waals surface area (Å²) in [5, 5.41) is 0.851. The van der Waals surface area contributed by atoms with Crippen LogP contribution in [0.25, 0.3) is 0 Å². The minimum atomic E-state index is 0.737. The molecule has 3 heteroatoms. The van der Waals surface area contributed by atoms with Crippen molar-refractivity contribution in [3.05, 3.63) is 27.8 Å². The van der Waals surface area contributed by atoms with Crippen LogP contribution in [-0.2, 0) is 6.42 Å². The van der Waals surface area contributed by atoms with Crippen LogP contribution in [-0.4, -0.2) is 13.7 Å². The number of halogens is 1. The summed E-state index contributed by atoms with van der Waals surface area (Å²) in [6, 6.07) is 2.01. The van der Waals surface area contributed by atoms with E-state index in [2.05, 4.69) is 6.92 Å². The molecule has 0 spiro atoms. The molecule has 0 radical (unpaired) electrons. The molecule has 0 saturated carbocycles. The van der Waals surface area contributed by atoms with Gasteiger partial charge in [-0.1, -0.05) is 11.6 Å². The van der Waals surface area contributed by atoms with Crippen LogP contribution in [0.2, 0.25) is 5.02 Å². The molecule has 0 aliphatic carbocycles. The predicted molar refractivity (Wildman–Crippen MR) is 69.5 cm³/mol. The van der Waals surface area contributed by atoms with E-state index in [9.17, 15) is 0 Å². The Morgan fingerprint density at radius 2 is 2.00 bits per heavy atom. The molecular weight excluding hydrogens is 222 g/mol. The number of benzene rings is 1. The van der Waals surface area contributed by atoms with Gasteiger partial charge in [0.15, 0.2) is 0 Å². The standard InChI is InChI=1S/C13H20ClNO/c1-9-8-12(16-3)11(6-4-5-7-15)10(2)13(9)14/h8H,4-7,15H2,1-3H3. The van der Waals surface area contributed by atoms with E-state index in [-0.39, 0.29) is 0 Å². The van der Waals surface area contributed by atoms with E-state index < -0.39 is 0 Å². The van der Waals surface area contributed by atoms with Gasteiger partial charge >= 0.3 is 0 Å². The first-order valence-electron chi connectivity index (χ1n) is 5.64. The molecule has 0 unspecified atom stereocenters. The van der Waals surface area contributed by atoms with Crippen molar-refractivity contribution >= 4 is 11.6 Å². The summed E-state index contributed by atoms with van der Waals surface area (Å²) in [5.41, 5.74) is 8.92. The Morgan fingerprint density at radius 1 is 1.31 bits per heavy atom. The van der Waals surface area contributed by atoms with Gasteiger partial charge in [0.25, 0.3) is 0 Å². The first-order chi connectivity index (χ1) is 7.61. The highest BCUT2D eigenvalue weighted by Crippen LogP contribution is 2.32. The average Bonchev–Trinajstić information content (AvgIpc) is 2.29. The van der Waals surface area contributed by atoms with Gasteiger partial charge in [0, 0.05) is 5.02 Å². The second-order valence-electron chi connectivity index (χ2n) is 4.06. The highest BCUT2D eigenvalue weighted by molar-refractivity contribution is 6.32. The Hall–Kier alpha value is -0.730. The number of ether oxygens (including phenoxy) is 1. The molecule has 1 aromatic carbocycles.